The van der Waals surface area contributed by atoms with E-state index in [1.165, 1.54) is 17.0 Å². The fourth-order valence-corrected chi connectivity index (χ4v) is 4.10. The second kappa shape index (κ2) is 9.16. The summed E-state index contributed by atoms with van der Waals surface area (Å²) in [6.07, 6.45) is 0.361. The monoisotopic (exact) mass is 436 g/mol. The molecule has 1 aliphatic heterocycles. The first-order valence-electron chi connectivity index (χ1n) is 8.49. The third kappa shape index (κ3) is 5.30. The van der Waals surface area contributed by atoms with Gasteiger partial charge in [-0.25, -0.2) is 0 Å². The number of hydrazine groups is 1. The lowest BCUT2D eigenvalue weighted by Crippen LogP contribution is -2.48. The minimum absolute atomic E-state index is 0.181. The molecule has 2 heterocycles. The number of amides is 2. The quantitative estimate of drug-likeness (QED) is 0.706. The molecule has 0 atom stereocenters. The van der Waals surface area contributed by atoms with Gasteiger partial charge < -0.3 is 4.90 Å². The molecule has 6 nitrogen and oxygen atoms in total. The molecular formula is C18H21BrN4O2S. The van der Waals surface area contributed by atoms with Gasteiger partial charge in [0.15, 0.2) is 0 Å². The number of thiophene rings is 1. The summed E-state index contributed by atoms with van der Waals surface area (Å²) in [6.45, 7) is 4.45. The highest BCUT2D eigenvalue weighted by atomic mass is 79.9. The first-order valence-corrected chi connectivity index (χ1v) is 10.1. The van der Waals surface area contributed by atoms with E-state index in [0.717, 1.165) is 30.0 Å². The molecule has 1 fully saturated rings. The summed E-state index contributed by atoms with van der Waals surface area (Å²) in [5.41, 5.74) is 6.18. The van der Waals surface area contributed by atoms with Gasteiger partial charge in [0.2, 0.25) is 5.91 Å². The molecule has 26 heavy (non-hydrogen) atoms. The van der Waals surface area contributed by atoms with E-state index in [1.54, 1.807) is 12.1 Å². The first-order chi connectivity index (χ1) is 12.6. The van der Waals surface area contributed by atoms with Crippen molar-refractivity contribution >= 4 is 44.8 Å². The van der Waals surface area contributed by atoms with Crippen molar-refractivity contribution in [3.8, 4) is 0 Å². The number of rotatable bonds is 5. The van der Waals surface area contributed by atoms with Gasteiger partial charge >= 0.3 is 0 Å². The summed E-state index contributed by atoms with van der Waals surface area (Å²) < 4.78 is 0.878. The fourth-order valence-electron chi connectivity index (χ4n) is 2.82. The molecule has 1 aromatic carbocycles. The number of halogens is 1. The number of para-hydroxylation sites is 1. The van der Waals surface area contributed by atoms with Crippen molar-refractivity contribution in [1.29, 1.82) is 0 Å². The van der Waals surface area contributed by atoms with E-state index in [0.29, 0.717) is 17.8 Å². The van der Waals surface area contributed by atoms with Crippen LogP contribution in [0.25, 0.3) is 0 Å². The molecule has 0 saturated carbocycles. The van der Waals surface area contributed by atoms with E-state index in [-0.39, 0.29) is 11.8 Å². The summed E-state index contributed by atoms with van der Waals surface area (Å²) >= 11 is 4.63. The number of benzene rings is 1. The Morgan fingerprint density at radius 1 is 1.00 bits per heavy atom. The number of carbonyl (C=O) groups excluding carboxylic acids is 2. The van der Waals surface area contributed by atoms with Crippen molar-refractivity contribution in [3.63, 3.8) is 0 Å². The maximum atomic E-state index is 11.9. The van der Waals surface area contributed by atoms with Gasteiger partial charge in [0.25, 0.3) is 5.91 Å². The predicted molar refractivity (Wildman–Crippen MR) is 107 cm³/mol. The van der Waals surface area contributed by atoms with Crippen molar-refractivity contribution < 1.29 is 9.59 Å². The van der Waals surface area contributed by atoms with Crippen molar-refractivity contribution in [1.82, 2.24) is 15.8 Å². The van der Waals surface area contributed by atoms with E-state index in [1.807, 2.05) is 6.07 Å². The van der Waals surface area contributed by atoms with E-state index in [9.17, 15) is 9.59 Å². The molecule has 1 saturated heterocycles. The normalized spacial score (nSPS) is 14.9. The highest BCUT2D eigenvalue weighted by molar-refractivity contribution is 9.11. The van der Waals surface area contributed by atoms with Crippen LogP contribution in [0.5, 0.6) is 0 Å². The van der Waals surface area contributed by atoms with Crippen LogP contribution >= 0.6 is 27.3 Å². The Labute approximate surface area is 165 Å². The molecule has 0 radical (unpaired) electrons. The number of nitrogens with zero attached hydrogens (tertiary/aromatic N) is 2. The predicted octanol–water partition coefficient (Wildman–Crippen LogP) is 2.48. The van der Waals surface area contributed by atoms with E-state index in [2.05, 4.69) is 60.8 Å². The van der Waals surface area contributed by atoms with Crippen molar-refractivity contribution in [3.05, 3.63) is 51.1 Å². The summed E-state index contributed by atoms with van der Waals surface area (Å²) in [7, 11) is 0. The number of hydrogen-bond acceptors (Lipinski definition) is 5. The SMILES string of the molecule is O=C(CCN1CCN(c2ccccc2)CC1)NNC(=O)c1ccc(Br)s1. The zero-order chi connectivity index (χ0) is 18.4. The molecule has 1 aromatic heterocycles. The van der Waals surface area contributed by atoms with Crippen LogP contribution in [0.15, 0.2) is 46.3 Å². The molecule has 0 spiro atoms. The molecule has 0 unspecified atom stereocenters. The van der Waals surface area contributed by atoms with Crippen molar-refractivity contribution in [2.24, 2.45) is 0 Å². The maximum absolute atomic E-state index is 11.9. The van der Waals surface area contributed by atoms with Gasteiger partial charge in [-0.1, -0.05) is 18.2 Å². The summed E-state index contributed by atoms with van der Waals surface area (Å²) in [4.78, 5) is 29.0. The van der Waals surface area contributed by atoms with Gasteiger partial charge in [0, 0.05) is 44.8 Å². The zero-order valence-corrected chi connectivity index (χ0v) is 16.7. The summed E-state index contributed by atoms with van der Waals surface area (Å²) in [5, 5.41) is 0. The molecule has 0 bridgehead atoms. The average molecular weight is 437 g/mol. The molecule has 2 amide bonds. The molecule has 0 aliphatic carbocycles. The molecule has 2 aromatic rings. The smallest absolute Gasteiger partial charge is 0.279 e. The molecule has 2 N–H and O–H groups in total. The number of anilines is 1. The first kappa shape index (κ1) is 18.9. The second-order valence-electron chi connectivity index (χ2n) is 6.02. The molecule has 138 valence electrons. The third-order valence-electron chi connectivity index (χ3n) is 4.26. The Kier molecular flexibility index (Phi) is 6.65. The molecular weight excluding hydrogens is 416 g/mol. The maximum Gasteiger partial charge on any atom is 0.279 e. The van der Waals surface area contributed by atoms with Crippen LogP contribution in [-0.4, -0.2) is 49.4 Å². The van der Waals surface area contributed by atoms with Crippen molar-refractivity contribution in [2.45, 2.75) is 6.42 Å². The molecule has 3 rings (SSSR count). The Morgan fingerprint density at radius 2 is 1.73 bits per heavy atom. The minimum Gasteiger partial charge on any atom is -0.369 e. The number of nitrogens with one attached hydrogen (secondary N) is 2. The standard InChI is InChI=1S/C18H21BrN4O2S/c19-16-7-6-15(26-16)18(25)21-20-17(24)8-9-22-10-12-23(13-11-22)14-4-2-1-3-5-14/h1-7H,8-13H2,(H,20,24)(H,21,25). The van der Waals surface area contributed by atoms with Gasteiger partial charge in [-0.3, -0.25) is 25.3 Å². The van der Waals surface area contributed by atoms with E-state index in [4.69, 9.17) is 0 Å². The van der Waals surface area contributed by atoms with Crippen molar-refractivity contribution in [2.75, 3.05) is 37.6 Å². The lowest BCUT2D eigenvalue weighted by molar-refractivity contribution is -0.122. The van der Waals surface area contributed by atoms with Crippen LogP contribution < -0.4 is 15.8 Å². The van der Waals surface area contributed by atoms with Crippen LogP contribution in [-0.2, 0) is 4.79 Å². The highest BCUT2D eigenvalue weighted by Crippen LogP contribution is 2.21. The van der Waals surface area contributed by atoms with Crippen LogP contribution in [0.2, 0.25) is 0 Å². The summed E-state index contributed by atoms with van der Waals surface area (Å²) in [6, 6.07) is 13.9. The van der Waals surface area contributed by atoms with Crippen LogP contribution in [0.4, 0.5) is 5.69 Å². The van der Waals surface area contributed by atoms with Gasteiger partial charge in [0.1, 0.15) is 0 Å². The number of piperazine rings is 1. The van der Waals surface area contributed by atoms with Crippen LogP contribution in [0.3, 0.4) is 0 Å². The number of carbonyl (C=O) groups is 2. The van der Waals surface area contributed by atoms with Crippen LogP contribution in [0.1, 0.15) is 16.1 Å². The zero-order valence-electron chi connectivity index (χ0n) is 14.3. The van der Waals surface area contributed by atoms with E-state index < -0.39 is 0 Å². The van der Waals surface area contributed by atoms with Crippen LogP contribution in [0, 0.1) is 0 Å². The minimum atomic E-state index is -0.300. The molecule has 1 aliphatic rings. The summed E-state index contributed by atoms with van der Waals surface area (Å²) in [5.74, 6) is -0.481. The van der Waals surface area contributed by atoms with E-state index >= 15 is 0 Å². The second-order valence-corrected chi connectivity index (χ2v) is 8.48. The van der Waals surface area contributed by atoms with Gasteiger partial charge in [0.05, 0.1) is 8.66 Å². The number of hydrogen-bond donors (Lipinski definition) is 2. The lowest BCUT2D eigenvalue weighted by Gasteiger charge is -2.36. The Morgan fingerprint density at radius 3 is 2.38 bits per heavy atom. The highest BCUT2D eigenvalue weighted by Gasteiger charge is 2.18. The topological polar surface area (TPSA) is 64.7 Å². The van der Waals surface area contributed by atoms with Gasteiger partial charge in [-0.15, -0.1) is 11.3 Å². The Hall–Kier alpha value is -1.90. The van der Waals surface area contributed by atoms with Gasteiger partial charge in [-0.2, -0.15) is 0 Å². The fraction of sp³-hybridized carbons (Fsp3) is 0.333. The molecule has 8 heteroatoms. The Bertz CT molecular complexity index is 745. The largest absolute Gasteiger partial charge is 0.369 e. The lowest BCUT2D eigenvalue weighted by atomic mass is 10.2. The third-order valence-corrected chi connectivity index (χ3v) is 5.88. The average Bonchev–Trinajstić information content (AvgIpc) is 3.12. The Balaban J connectivity index is 1.34. The van der Waals surface area contributed by atoms with Gasteiger partial charge in [-0.05, 0) is 40.2 Å².